The first kappa shape index (κ1) is 9.25. The van der Waals surface area contributed by atoms with Crippen LogP contribution in [-0.2, 0) is 6.42 Å². The Balaban J connectivity index is 2.66. The van der Waals surface area contributed by atoms with Crippen molar-refractivity contribution in [1.82, 2.24) is 0 Å². The SMILES string of the molecule is COc1cc(C)c2c(c1C)N=C(C)C2. The van der Waals surface area contributed by atoms with E-state index in [1.807, 2.05) is 0 Å². The molecule has 2 rings (SSSR count). The number of ether oxygens (including phenoxy) is 1. The predicted molar refractivity (Wildman–Crippen MR) is 58.9 cm³/mol. The van der Waals surface area contributed by atoms with E-state index < -0.39 is 0 Å². The summed E-state index contributed by atoms with van der Waals surface area (Å²) in [5, 5.41) is 0. The molecule has 0 atom stereocenters. The van der Waals surface area contributed by atoms with E-state index in [1.54, 1.807) is 7.11 Å². The van der Waals surface area contributed by atoms with E-state index in [1.165, 1.54) is 16.8 Å². The first-order valence-electron chi connectivity index (χ1n) is 4.84. The van der Waals surface area contributed by atoms with Crippen molar-refractivity contribution in [3.63, 3.8) is 0 Å². The van der Waals surface area contributed by atoms with Gasteiger partial charge in [-0.2, -0.15) is 0 Å². The molecule has 1 aromatic rings. The van der Waals surface area contributed by atoms with Crippen LogP contribution < -0.4 is 4.74 Å². The van der Waals surface area contributed by atoms with Gasteiger partial charge in [0.15, 0.2) is 0 Å². The average Bonchev–Trinajstić information content (AvgIpc) is 2.54. The lowest BCUT2D eigenvalue weighted by Crippen LogP contribution is -1.94. The van der Waals surface area contributed by atoms with Gasteiger partial charge in [-0.15, -0.1) is 0 Å². The van der Waals surface area contributed by atoms with Crippen molar-refractivity contribution in [2.24, 2.45) is 4.99 Å². The molecule has 1 heterocycles. The van der Waals surface area contributed by atoms with Crippen molar-refractivity contribution >= 4 is 11.4 Å². The summed E-state index contributed by atoms with van der Waals surface area (Å²) in [4.78, 5) is 4.56. The van der Waals surface area contributed by atoms with Crippen molar-refractivity contribution in [3.8, 4) is 5.75 Å². The van der Waals surface area contributed by atoms with Gasteiger partial charge in [0.1, 0.15) is 5.75 Å². The third-order valence-corrected chi connectivity index (χ3v) is 2.79. The molecule has 0 aromatic heterocycles. The Morgan fingerprint density at radius 2 is 2.00 bits per heavy atom. The van der Waals surface area contributed by atoms with E-state index in [0.717, 1.165) is 23.4 Å². The minimum atomic E-state index is 0.944. The van der Waals surface area contributed by atoms with Crippen molar-refractivity contribution in [2.45, 2.75) is 27.2 Å². The summed E-state index contributed by atoms with van der Waals surface area (Å²) in [6.45, 7) is 6.26. The second-order valence-corrected chi connectivity index (χ2v) is 3.87. The minimum absolute atomic E-state index is 0.944. The maximum absolute atomic E-state index is 5.32. The van der Waals surface area contributed by atoms with Gasteiger partial charge in [0.25, 0.3) is 0 Å². The third-order valence-electron chi connectivity index (χ3n) is 2.79. The normalized spacial score (nSPS) is 13.9. The Bertz CT molecular complexity index is 419. The molecule has 1 aliphatic heterocycles. The standard InChI is InChI=1S/C12H15NO/c1-7-5-11(14-4)9(3)12-10(7)6-8(2)13-12/h5H,6H2,1-4H3. The molecule has 0 unspecified atom stereocenters. The molecule has 0 radical (unpaired) electrons. The van der Waals surface area contributed by atoms with Crippen LogP contribution in [0.2, 0.25) is 0 Å². The molecule has 0 bridgehead atoms. The maximum Gasteiger partial charge on any atom is 0.124 e. The molecule has 1 aliphatic rings. The molecule has 2 heteroatoms. The number of hydrogen-bond donors (Lipinski definition) is 0. The van der Waals surface area contributed by atoms with Gasteiger partial charge in [-0.05, 0) is 38.0 Å². The predicted octanol–water partition coefficient (Wildman–Crippen LogP) is 2.96. The van der Waals surface area contributed by atoms with Crippen LogP contribution in [0.5, 0.6) is 5.75 Å². The van der Waals surface area contributed by atoms with Gasteiger partial charge < -0.3 is 4.74 Å². The highest BCUT2D eigenvalue weighted by Crippen LogP contribution is 2.38. The van der Waals surface area contributed by atoms with Gasteiger partial charge in [0.05, 0.1) is 12.8 Å². The van der Waals surface area contributed by atoms with Gasteiger partial charge in [0, 0.05) is 17.7 Å². The van der Waals surface area contributed by atoms with E-state index in [9.17, 15) is 0 Å². The second-order valence-electron chi connectivity index (χ2n) is 3.87. The van der Waals surface area contributed by atoms with Crippen LogP contribution in [0.4, 0.5) is 5.69 Å². The van der Waals surface area contributed by atoms with Crippen LogP contribution in [0.1, 0.15) is 23.6 Å². The van der Waals surface area contributed by atoms with E-state index in [-0.39, 0.29) is 0 Å². The van der Waals surface area contributed by atoms with Gasteiger partial charge >= 0.3 is 0 Å². The summed E-state index contributed by atoms with van der Waals surface area (Å²) in [5.74, 6) is 0.944. The third kappa shape index (κ3) is 1.22. The highest BCUT2D eigenvalue weighted by Gasteiger charge is 2.18. The molecular weight excluding hydrogens is 174 g/mol. The lowest BCUT2D eigenvalue weighted by molar-refractivity contribution is 0.411. The van der Waals surface area contributed by atoms with Crippen LogP contribution in [-0.4, -0.2) is 12.8 Å². The summed E-state index contributed by atoms with van der Waals surface area (Å²) in [5.41, 5.74) is 6.12. The Morgan fingerprint density at radius 1 is 1.29 bits per heavy atom. The van der Waals surface area contributed by atoms with Gasteiger partial charge in [-0.3, -0.25) is 4.99 Å². The lowest BCUT2D eigenvalue weighted by Gasteiger charge is -2.10. The number of fused-ring (bicyclic) bond motifs is 1. The van der Waals surface area contributed by atoms with Crippen LogP contribution in [0.3, 0.4) is 0 Å². The Labute approximate surface area is 84.6 Å². The smallest absolute Gasteiger partial charge is 0.124 e. The molecule has 0 fully saturated rings. The lowest BCUT2D eigenvalue weighted by atomic mass is 10.0. The van der Waals surface area contributed by atoms with E-state index in [2.05, 4.69) is 31.8 Å². The summed E-state index contributed by atoms with van der Waals surface area (Å²) >= 11 is 0. The molecule has 74 valence electrons. The van der Waals surface area contributed by atoms with Crippen LogP contribution in [0.15, 0.2) is 11.1 Å². The Hall–Kier alpha value is -1.31. The number of aryl methyl sites for hydroxylation is 1. The minimum Gasteiger partial charge on any atom is -0.496 e. The Kier molecular flexibility index (Phi) is 2.06. The maximum atomic E-state index is 5.32. The molecule has 0 spiro atoms. The largest absolute Gasteiger partial charge is 0.496 e. The first-order chi connectivity index (χ1) is 6.63. The van der Waals surface area contributed by atoms with Crippen molar-refractivity contribution < 1.29 is 4.74 Å². The highest BCUT2D eigenvalue weighted by molar-refractivity contribution is 5.93. The second kappa shape index (κ2) is 3.12. The van der Waals surface area contributed by atoms with Crippen molar-refractivity contribution in [1.29, 1.82) is 0 Å². The van der Waals surface area contributed by atoms with Gasteiger partial charge in [0.2, 0.25) is 0 Å². The zero-order valence-corrected chi connectivity index (χ0v) is 9.14. The molecule has 0 saturated heterocycles. The number of benzene rings is 1. The fourth-order valence-corrected chi connectivity index (χ4v) is 1.99. The number of aliphatic imine (C=N–C) groups is 1. The molecule has 0 N–H and O–H groups in total. The van der Waals surface area contributed by atoms with Crippen LogP contribution in [0.25, 0.3) is 0 Å². The highest BCUT2D eigenvalue weighted by atomic mass is 16.5. The van der Waals surface area contributed by atoms with Crippen molar-refractivity contribution in [3.05, 3.63) is 22.8 Å². The summed E-state index contributed by atoms with van der Waals surface area (Å²) in [6, 6.07) is 2.10. The fraction of sp³-hybridized carbons (Fsp3) is 0.417. The topological polar surface area (TPSA) is 21.6 Å². The van der Waals surface area contributed by atoms with Crippen LogP contribution in [0, 0.1) is 13.8 Å². The van der Waals surface area contributed by atoms with Crippen LogP contribution >= 0.6 is 0 Å². The van der Waals surface area contributed by atoms with E-state index >= 15 is 0 Å². The van der Waals surface area contributed by atoms with E-state index in [0.29, 0.717) is 0 Å². The summed E-state index contributed by atoms with van der Waals surface area (Å²) < 4.78 is 5.32. The quantitative estimate of drug-likeness (QED) is 0.665. The molecule has 0 aliphatic carbocycles. The zero-order chi connectivity index (χ0) is 10.3. The number of rotatable bonds is 1. The number of hydrogen-bond acceptors (Lipinski definition) is 2. The number of nitrogens with zero attached hydrogens (tertiary/aromatic N) is 1. The summed E-state index contributed by atoms with van der Waals surface area (Å²) in [7, 11) is 1.71. The molecule has 0 amide bonds. The molecule has 1 aromatic carbocycles. The Morgan fingerprint density at radius 3 is 2.64 bits per heavy atom. The summed E-state index contributed by atoms with van der Waals surface area (Å²) in [6.07, 6.45) is 0.992. The van der Waals surface area contributed by atoms with Gasteiger partial charge in [-0.1, -0.05) is 0 Å². The fourth-order valence-electron chi connectivity index (χ4n) is 1.99. The molecule has 2 nitrogen and oxygen atoms in total. The zero-order valence-electron chi connectivity index (χ0n) is 9.14. The molecule has 0 saturated carbocycles. The average molecular weight is 189 g/mol. The molecular formula is C12H15NO. The van der Waals surface area contributed by atoms with Gasteiger partial charge in [-0.25, -0.2) is 0 Å². The first-order valence-corrected chi connectivity index (χ1v) is 4.84. The number of methoxy groups -OCH3 is 1. The van der Waals surface area contributed by atoms with Crippen molar-refractivity contribution in [2.75, 3.05) is 7.11 Å². The monoisotopic (exact) mass is 189 g/mol. The molecule has 14 heavy (non-hydrogen) atoms. The van der Waals surface area contributed by atoms with E-state index in [4.69, 9.17) is 4.74 Å².